The Morgan fingerprint density at radius 2 is 1.94 bits per heavy atom. The molecule has 3 heteroatoms. The number of rotatable bonds is 1. The molecule has 0 spiro atoms. The average Bonchev–Trinajstić information content (AvgIpc) is 2.69. The van der Waals surface area contributed by atoms with E-state index >= 15 is 0 Å². The van der Waals surface area contributed by atoms with E-state index < -0.39 is 0 Å². The fourth-order valence-electron chi connectivity index (χ4n) is 3.97. The number of carbonyl (C=O) groups is 1. The van der Waals surface area contributed by atoms with Crippen molar-refractivity contribution in [1.29, 1.82) is 0 Å². The second-order valence-corrected chi connectivity index (χ2v) is 5.86. The molecule has 3 rings (SSSR count). The Hall–Kier alpha value is -0.410. The fraction of sp³-hybridized carbons (Fsp3) is 0.923. The third-order valence-electron chi connectivity index (χ3n) is 4.99. The predicted octanol–water partition coefficient (Wildman–Crippen LogP) is 1.75. The Kier molecular flexibility index (Phi) is 2.37. The van der Waals surface area contributed by atoms with E-state index in [0.29, 0.717) is 24.0 Å². The first kappa shape index (κ1) is 10.7. The second kappa shape index (κ2) is 3.54. The van der Waals surface area contributed by atoms with Gasteiger partial charge in [0.2, 0.25) is 0 Å². The third kappa shape index (κ3) is 1.37. The molecule has 3 fully saturated rings. The Bertz CT molecular complexity index is 301. The topological polar surface area (TPSA) is 29.5 Å². The number of piperidine rings is 1. The fourth-order valence-corrected chi connectivity index (χ4v) is 3.97. The Morgan fingerprint density at radius 1 is 1.31 bits per heavy atom. The number of hydrogen-bond donors (Lipinski definition) is 0. The van der Waals surface area contributed by atoms with Gasteiger partial charge in [0.15, 0.2) is 0 Å². The number of fused-ring (bicyclic) bond motifs is 2. The van der Waals surface area contributed by atoms with Crippen molar-refractivity contribution in [2.45, 2.75) is 69.7 Å². The summed E-state index contributed by atoms with van der Waals surface area (Å²) in [5.41, 5.74) is 0.173. The van der Waals surface area contributed by atoms with Gasteiger partial charge < -0.3 is 4.74 Å². The van der Waals surface area contributed by atoms with Gasteiger partial charge in [-0.1, -0.05) is 0 Å². The summed E-state index contributed by atoms with van der Waals surface area (Å²) in [6.45, 7) is 5.39. The van der Waals surface area contributed by atoms with Gasteiger partial charge in [0.25, 0.3) is 0 Å². The summed E-state index contributed by atoms with van der Waals surface area (Å²) in [4.78, 5) is 14.2. The predicted molar refractivity (Wildman–Crippen MR) is 61.3 cm³/mol. The van der Waals surface area contributed by atoms with Gasteiger partial charge in [-0.15, -0.1) is 0 Å². The molecule has 2 bridgehead atoms. The summed E-state index contributed by atoms with van der Waals surface area (Å²) in [7, 11) is 0. The van der Waals surface area contributed by atoms with Crippen LogP contribution in [0.2, 0.25) is 0 Å². The van der Waals surface area contributed by atoms with E-state index in [0.717, 1.165) is 25.9 Å². The van der Waals surface area contributed by atoms with E-state index in [1.54, 1.807) is 0 Å². The number of ketones is 1. The van der Waals surface area contributed by atoms with Crippen molar-refractivity contribution >= 4 is 5.78 Å². The second-order valence-electron chi connectivity index (χ2n) is 5.86. The van der Waals surface area contributed by atoms with Crippen LogP contribution in [0.25, 0.3) is 0 Å². The molecule has 3 aliphatic heterocycles. The molecule has 4 atom stereocenters. The van der Waals surface area contributed by atoms with E-state index in [9.17, 15) is 4.79 Å². The minimum absolute atomic E-state index is 0.173. The average molecular weight is 223 g/mol. The Balaban J connectivity index is 1.88. The van der Waals surface area contributed by atoms with Gasteiger partial charge in [-0.05, 0) is 33.1 Å². The van der Waals surface area contributed by atoms with Crippen molar-refractivity contribution < 1.29 is 9.53 Å². The minimum atomic E-state index is 0.173. The molecule has 0 aromatic heterocycles. The molecular weight excluding hydrogens is 202 g/mol. The molecule has 0 aliphatic carbocycles. The third-order valence-corrected chi connectivity index (χ3v) is 4.99. The largest absolute Gasteiger partial charge is 0.377 e. The van der Waals surface area contributed by atoms with Gasteiger partial charge in [-0.3, -0.25) is 9.69 Å². The lowest BCUT2D eigenvalue weighted by Gasteiger charge is -2.47. The molecule has 0 aromatic carbocycles. The summed E-state index contributed by atoms with van der Waals surface area (Å²) in [5, 5.41) is 0. The zero-order valence-corrected chi connectivity index (χ0v) is 10.2. The summed E-state index contributed by atoms with van der Waals surface area (Å²) >= 11 is 0. The molecule has 0 radical (unpaired) electrons. The van der Waals surface area contributed by atoms with Crippen LogP contribution < -0.4 is 0 Å². The van der Waals surface area contributed by atoms with Gasteiger partial charge in [-0.2, -0.15) is 0 Å². The zero-order chi connectivity index (χ0) is 11.3. The van der Waals surface area contributed by atoms with E-state index in [2.05, 4.69) is 18.7 Å². The Labute approximate surface area is 97.1 Å². The SMILES string of the molecule is CC1OCCC1(C)N1C2CCC1CC(=O)C2. The van der Waals surface area contributed by atoms with Crippen molar-refractivity contribution in [3.05, 3.63) is 0 Å². The molecule has 16 heavy (non-hydrogen) atoms. The molecule has 90 valence electrons. The number of hydrogen-bond acceptors (Lipinski definition) is 3. The first-order valence-corrected chi connectivity index (χ1v) is 6.53. The van der Waals surface area contributed by atoms with Crippen molar-refractivity contribution in [3.63, 3.8) is 0 Å². The summed E-state index contributed by atoms with van der Waals surface area (Å²) in [5.74, 6) is 0.471. The van der Waals surface area contributed by atoms with Crippen LogP contribution in [-0.4, -0.2) is 41.0 Å². The highest BCUT2D eigenvalue weighted by atomic mass is 16.5. The minimum Gasteiger partial charge on any atom is -0.377 e. The highest BCUT2D eigenvalue weighted by Crippen LogP contribution is 2.44. The Morgan fingerprint density at radius 3 is 2.44 bits per heavy atom. The van der Waals surface area contributed by atoms with Crippen molar-refractivity contribution in [1.82, 2.24) is 4.90 Å². The zero-order valence-electron chi connectivity index (χ0n) is 10.2. The maximum absolute atomic E-state index is 11.6. The lowest BCUT2D eigenvalue weighted by atomic mass is 9.86. The van der Waals surface area contributed by atoms with E-state index in [4.69, 9.17) is 4.74 Å². The number of Topliss-reactive ketones (excluding diaryl/α,β-unsaturated/α-hetero) is 1. The maximum atomic E-state index is 11.6. The van der Waals surface area contributed by atoms with E-state index in [-0.39, 0.29) is 5.54 Å². The van der Waals surface area contributed by atoms with Crippen LogP contribution in [0.15, 0.2) is 0 Å². The van der Waals surface area contributed by atoms with E-state index in [1.807, 2.05) is 0 Å². The molecule has 3 heterocycles. The normalized spacial score (nSPS) is 48.9. The van der Waals surface area contributed by atoms with Crippen LogP contribution in [0.3, 0.4) is 0 Å². The lowest BCUT2D eigenvalue weighted by Crippen LogP contribution is -2.59. The highest BCUT2D eigenvalue weighted by molar-refractivity contribution is 5.81. The molecule has 3 nitrogen and oxygen atoms in total. The standard InChI is InChI=1S/C13H21NO2/c1-9-13(2,5-6-16-9)14-10-3-4-11(14)8-12(15)7-10/h9-11H,3-8H2,1-2H3. The van der Waals surface area contributed by atoms with Crippen LogP contribution in [0, 0.1) is 0 Å². The van der Waals surface area contributed by atoms with Crippen molar-refractivity contribution in [2.24, 2.45) is 0 Å². The van der Waals surface area contributed by atoms with Gasteiger partial charge in [0.1, 0.15) is 5.78 Å². The molecule has 3 saturated heterocycles. The molecule has 0 aromatic rings. The first-order chi connectivity index (χ1) is 7.61. The van der Waals surface area contributed by atoms with E-state index in [1.165, 1.54) is 12.8 Å². The number of ether oxygens (including phenoxy) is 1. The van der Waals surface area contributed by atoms with Crippen LogP contribution in [0.5, 0.6) is 0 Å². The smallest absolute Gasteiger partial charge is 0.136 e. The first-order valence-electron chi connectivity index (χ1n) is 6.53. The molecule has 0 amide bonds. The van der Waals surface area contributed by atoms with Gasteiger partial charge in [0.05, 0.1) is 6.10 Å². The molecule has 3 aliphatic rings. The van der Waals surface area contributed by atoms with Gasteiger partial charge in [0, 0.05) is 37.1 Å². The lowest BCUT2D eigenvalue weighted by molar-refractivity contribution is -0.127. The summed E-state index contributed by atoms with van der Waals surface area (Å²) in [6.07, 6.45) is 5.40. The van der Waals surface area contributed by atoms with Crippen LogP contribution in [0.4, 0.5) is 0 Å². The van der Waals surface area contributed by atoms with Crippen molar-refractivity contribution in [2.75, 3.05) is 6.61 Å². The molecular formula is C13H21NO2. The molecule has 0 N–H and O–H groups in total. The van der Waals surface area contributed by atoms with Gasteiger partial charge in [-0.25, -0.2) is 0 Å². The monoisotopic (exact) mass is 223 g/mol. The van der Waals surface area contributed by atoms with Crippen LogP contribution in [-0.2, 0) is 9.53 Å². The van der Waals surface area contributed by atoms with Crippen LogP contribution >= 0.6 is 0 Å². The van der Waals surface area contributed by atoms with Crippen molar-refractivity contribution in [3.8, 4) is 0 Å². The summed E-state index contributed by atoms with van der Waals surface area (Å²) < 4.78 is 5.75. The maximum Gasteiger partial charge on any atom is 0.136 e. The van der Waals surface area contributed by atoms with Crippen LogP contribution in [0.1, 0.15) is 46.0 Å². The molecule has 4 unspecified atom stereocenters. The van der Waals surface area contributed by atoms with Gasteiger partial charge >= 0.3 is 0 Å². The number of carbonyl (C=O) groups excluding carboxylic acids is 1. The summed E-state index contributed by atoms with van der Waals surface area (Å²) in [6, 6.07) is 1.00. The molecule has 0 saturated carbocycles. The quantitative estimate of drug-likeness (QED) is 0.678. The highest BCUT2D eigenvalue weighted by Gasteiger charge is 2.52. The number of nitrogens with zero attached hydrogens (tertiary/aromatic N) is 1.